The molecule has 0 radical (unpaired) electrons. The molecule has 0 spiro atoms. The predicted octanol–water partition coefficient (Wildman–Crippen LogP) is 2.81. The molecule has 1 saturated carbocycles. The second-order valence-electron chi connectivity index (χ2n) is 6.41. The quantitative estimate of drug-likeness (QED) is 0.704. The second-order valence-corrected chi connectivity index (χ2v) is 6.41. The highest BCUT2D eigenvalue weighted by Crippen LogP contribution is 2.38. The molecule has 0 bridgehead atoms. The number of halogens is 3. The number of nitrogens with two attached hydrogens (primary N) is 1. The number of carbonyl (C=O) groups excluding carboxylic acids is 2. The minimum Gasteiger partial charge on any atom is -0.497 e. The topological polar surface area (TPSA) is 116 Å². The van der Waals surface area contributed by atoms with E-state index < -0.39 is 34.9 Å². The van der Waals surface area contributed by atoms with Crippen LogP contribution in [0.15, 0.2) is 30.5 Å². The minimum atomic E-state index is -4.96. The van der Waals surface area contributed by atoms with Crippen molar-refractivity contribution < 1.29 is 32.2 Å². The number of rotatable bonds is 6. The lowest BCUT2D eigenvalue weighted by Crippen LogP contribution is -2.52. The van der Waals surface area contributed by atoms with Crippen LogP contribution in [-0.2, 0) is 15.7 Å². The SMILES string of the molecule is COc1cccc(Nc2ncc(C(=O)OC3(C(N)=O)CCC3)c(C(F)(F)F)n2)c1. The van der Waals surface area contributed by atoms with Gasteiger partial charge in [-0.1, -0.05) is 6.07 Å². The third kappa shape index (κ3) is 4.23. The smallest absolute Gasteiger partial charge is 0.434 e. The molecule has 11 heteroatoms. The van der Waals surface area contributed by atoms with Crippen LogP contribution >= 0.6 is 0 Å². The molecule has 29 heavy (non-hydrogen) atoms. The number of hydrogen-bond donors (Lipinski definition) is 2. The van der Waals surface area contributed by atoms with Gasteiger partial charge in [0.05, 0.1) is 7.11 Å². The lowest BCUT2D eigenvalue weighted by molar-refractivity contribution is -0.147. The average molecular weight is 410 g/mol. The molecule has 3 N–H and O–H groups in total. The van der Waals surface area contributed by atoms with Gasteiger partial charge in [0, 0.05) is 18.0 Å². The maximum absolute atomic E-state index is 13.5. The highest BCUT2D eigenvalue weighted by Gasteiger charge is 2.48. The molecule has 1 aliphatic rings. The number of carbonyl (C=O) groups is 2. The number of methoxy groups -OCH3 is 1. The van der Waals surface area contributed by atoms with E-state index in [-0.39, 0.29) is 18.8 Å². The lowest BCUT2D eigenvalue weighted by atomic mass is 9.79. The summed E-state index contributed by atoms with van der Waals surface area (Å²) in [7, 11) is 1.44. The van der Waals surface area contributed by atoms with Crippen LogP contribution < -0.4 is 15.8 Å². The molecule has 0 saturated heterocycles. The van der Waals surface area contributed by atoms with Crippen LogP contribution in [0.4, 0.5) is 24.8 Å². The fourth-order valence-corrected chi connectivity index (χ4v) is 2.77. The molecule has 2 aromatic rings. The molecule has 8 nitrogen and oxygen atoms in total. The van der Waals surface area contributed by atoms with Crippen molar-refractivity contribution in [1.82, 2.24) is 9.97 Å². The second kappa shape index (κ2) is 7.57. The summed E-state index contributed by atoms with van der Waals surface area (Å²) in [6, 6.07) is 6.39. The van der Waals surface area contributed by atoms with Gasteiger partial charge in [-0.2, -0.15) is 13.2 Å². The van der Waals surface area contributed by atoms with Crippen molar-refractivity contribution >= 4 is 23.5 Å². The van der Waals surface area contributed by atoms with E-state index in [0.717, 1.165) is 0 Å². The summed E-state index contributed by atoms with van der Waals surface area (Å²) in [6.07, 6.45) is -3.37. The predicted molar refractivity (Wildman–Crippen MR) is 94.5 cm³/mol. The molecule has 1 aromatic heterocycles. The Bertz CT molecular complexity index is 945. The molecule has 0 aliphatic heterocycles. The largest absolute Gasteiger partial charge is 0.497 e. The van der Waals surface area contributed by atoms with Gasteiger partial charge in [0.25, 0.3) is 5.91 Å². The van der Waals surface area contributed by atoms with E-state index in [4.69, 9.17) is 15.2 Å². The Labute approximate surface area is 163 Å². The van der Waals surface area contributed by atoms with Crippen LogP contribution in [0.5, 0.6) is 5.75 Å². The number of alkyl halides is 3. The van der Waals surface area contributed by atoms with E-state index in [0.29, 0.717) is 24.1 Å². The van der Waals surface area contributed by atoms with Crippen LogP contribution in [0.3, 0.4) is 0 Å². The molecule has 1 heterocycles. The number of esters is 1. The van der Waals surface area contributed by atoms with Crippen molar-refractivity contribution in [3.63, 3.8) is 0 Å². The number of benzene rings is 1. The fourth-order valence-electron chi connectivity index (χ4n) is 2.77. The molecule has 3 rings (SSSR count). The van der Waals surface area contributed by atoms with Gasteiger partial charge < -0.3 is 20.5 Å². The van der Waals surface area contributed by atoms with Gasteiger partial charge in [-0.05, 0) is 31.4 Å². The van der Waals surface area contributed by atoms with Gasteiger partial charge in [-0.25, -0.2) is 14.8 Å². The highest BCUT2D eigenvalue weighted by molar-refractivity contribution is 5.94. The van der Waals surface area contributed by atoms with Crippen LogP contribution in [-0.4, -0.2) is 34.6 Å². The van der Waals surface area contributed by atoms with E-state index in [1.165, 1.54) is 13.2 Å². The van der Waals surface area contributed by atoms with Gasteiger partial charge >= 0.3 is 12.1 Å². The van der Waals surface area contributed by atoms with Gasteiger partial charge in [0.2, 0.25) is 5.95 Å². The van der Waals surface area contributed by atoms with E-state index in [2.05, 4.69) is 15.3 Å². The molecular formula is C18H17F3N4O4. The summed E-state index contributed by atoms with van der Waals surface area (Å²) >= 11 is 0. The fraction of sp³-hybridized carbons (Fsp3) is 0.333. The van der Waals surface area contributed by atoms with Crippen molar-refractivity contribution in [2.75, 3.05) is 12.4 Å². The molecule has 154 valence electrons. The molecule has 1 aliphatic carbocycles. The lowest BCUT2D eigenvalue weighted by Gasteiger charge is -2.37. The summed E-state index contributed by atoms with van der Waals surface area (Å²) in [5.41, 5.74) is 1.64. The first kappa shape index (κ1) is 20.4. The summed E-state index contributed by atoms with van der Waals surface area (Å²) in [5, 5.41) is 2.62. The van der Waals surface area contributed by atoms with Crippen molar-refractivity contribution in [2.45, 2.75) is 31.0 Å². The zero-order chi connectivity index (χ0) is 21.2. The van der Waals surface area contributed by atoms with Gasteiger partial charge in [0.1, 0.15) is 11.3 Å². The average Bonchev–Trinajstić information content (AvgIpc) is 2.63. The van der Waals surface area contributed by atoms with E-state index in [9.17, 15) is 22.8 Å². The van der Waals surface area contributed by atoms with Crippen LogP contribution in [0.1, 0.15) is 35.3 Å². The third-order valence-electron chi connectivity index (χ3n) is 4.50. The summed E-state index contributed by atoms with van der Waals surface area (Å²) < 4.78 is 50.5. The zero-order valence-electron chi connectivity index (χ0n) is 15.2. The standard InChI is InChI=1S/C18H17F3N4O4/c1-28-11-5-2-4-10(8-11)24-16-23-9-12(13(25-16)18(19,20)21)14(26)29-17(15(22)27)6-3-7-17/h2,4-5,8-9H,3,6-7H2,1H3,(H2,22,27)(H,23,24,25). The van der Waals surface area contributed by atoms with Crippen LogP contribution in [0.25, 0.3) is 0 Å². The summed E-state index contributed by atoms with van der Waals surface area (Å²) in [4.78, 5) is 31.1. The van der Waals surface area contributed by atoms with Crippen molar-refractivity contribution in [2.24, 2.45) is 5.73 Å². The van der Waals surface area contributed by atoms with Crippen molar-refractivity contribution in [3.05, 3.63) is 41.7 Å². The number of primary amides is 1. The molecular weight excluding hydrogens is 393 g/mol. The number of ether oxygens (including phenoxy) is 2. The van der Waals surface area contributed by atoms with E-state index >= 15 is 0 Å². The Balaban J connectivity index is 1.90. The maximum atomic E-state index is 13.5. The molecule has 1 amide bonds. The van der Waals surface area contributed by atoms with E-state index in [1.807, 2.05) is 0 Å². The molecule has 1 aromatic carbocycles. The zero-order valence-corrected chi connectivity index (χ0v) is 15.2. The Kier molecular flexibility index (Phi) is 5.31. The Morgan fingerprint density at radius 1 is 1.28 bits per heavy atom. The van der Waals surface area contributed by atoms with E-state index in [1.54, 1.807) is 18.2 Å². The number of anilines is 2. The molecule has 0 atom stereocenters. The maximum Gasteiger partial charge on any atom is 0.434 e. The van der Waals surface area contributed by atoms with Crippen LogP contribution in [0.2, 0.25) is 0 Å². The Hall–Kier alpha value is -3.37. The van der Waals surface area contributed by atoms with Crippen LogP contribution in [0, 0.1) is 0 Å². The number of aromatic nitrogens is 2. The van der Waals surface area contributed by atoms with Gasteiger partial charge in [-0.15, -0.1) is 0 Å². The summed E-state index contributed by atoms with van der Waals surface area (Å²) in [6.45, 7) is 0. The first-order chi connectivity index (χ1) is 13.6. The number of hydrogen-bond acceptors (Lipinski definition) is 7. The highest BCUT2D eigenvalue weighted by atomic mass is 19.4. The first-order valence-electron chi connectivity index (χ1n) is 8.53. The van der Waals surface area contributed by atoms with Gasteiger partial charge in [0.15, 0.2) is 11.3 Å². The normalized spacial score (nSPS) is 15.2. The molecule has 1 fully saturated rings. The van der Waals surface area contributed by atoms with Crippen molar-refractivity contribution in [1.29, 1.82) is 0 Å². The van der Waals surface area contributed by atoms with Gasteiger partial charge in [-0.3, -0.25) is 4.79 Å². The number of amides is 1. The van der Waals surface area contributed by atoms with Crippen molar-refractivity contribution in [3.8, 4) is 5.75 Å². The Morgan fingerprint density at radius 3 is 2.55 bits per heavy atom. The monoisotopic (exact) mass is 410 g/mol. The number of nitrogens with zero attached hydrogens (tertiary/aromatic N) is 2. The minimum absolute atomic E-state index is 0.158. The Morgan fingerprint density at radius 2 is 2.00 bits per heavy atom. The molecule has 0 unspecified atom stereocenters. The third-order valence-corrected chi connectivity index (χ3v) is 4.50. The number of nitrogens with one attached hydrogen (secondary N) is 1. The first-order valence-corrected chi connectivity index (χ1v) is 8.53. The summed E-state index contributed by atoms with van der Waals surface area (Å²) in [5.74, 6) is -2.16.